The molecule has 0 saturated carbocycles. The third kappa shape index (κ3) is 4.63. The van der Waals surface area contributed by atoms with Crippen LogP contribution in [0, 0.1) is 0 Å². The lowest BCUT2D eigenvalue weighted by molar-refractivity contribution is -0.00817. The van der Waals surface area contributed by atoms with Crippen LogP contribution in [0.4, 0.5) is 0 Å². The van der Waals surface area contributed by atoms with Gasteiger partial charge in [0.1, 0.15) is 0 Å². The predicted octanol–water partition coefficient (Wildman–Crippen LogP) is 3.28. The Balaban J connectivity index is 2.66. The molecule has 1 N–H and O–H groups in total. The van der Waals surface area contributed by atoms with Crippen molar-refractivity contribution < 1.29 is 9.53 Å². The molecule has 5 heteroatoms. The van der Waals surface area contributed by atoms with Crippen LogP contribution in [0.2, 0.25) is 0 Å². The highest BCUT2D eigenvalue weighted by molar-refractivity contribution is 9.10. The highest BCUT2D eigenvalue weighted by atomic mass is 79.9. The molecule has 0 aliphatic carbocycles. The maximum Gasteiger partial charge on any atom is 0.252 e. The molecule has 1 amide bonds. The van der Waals surface area contributed by atoms with Gasteiger partial charge in [0, 0.05) is 22.5 Å². The predicted molar refractivity (Wildman–Crippen MR) is 79.4 cm³/mol. The summed E-state index contributed by atoms with van der Waals surface area (Å²) in [7, 11) is 0. The van der Waals surface area contributed by atoms with Crippen LogP contribution in [0.1, 0.15) is 31.1 Å². The molecule has 0 aliphatic heterocycles. The summed E-state index contributed by atoms with van der Waals surface area (Å²) in [5, 5.41) is 2.86. The second-order valence-corrected chi connectivity index (χ2v) is 5.93. The first kappa shape index (κ1) is 15.5. The zero-order valence-electron chi connectivity index (χ0n) is 10.8. The Morgan fingerprint density at radius 1 is 1.50 bits per heavy atom. The Bertz CT molecular complexity index is 435. The third-order valence-electron chi connectivity index (χ3n) is 2.41. The third-order valence-corrected chi connectivity index (χ3v) is 3.28. The topological polar surface area (TPSA) is 38.3 Å². The summed E-state index contributed by atoms with van der Waals surface area (Å²) < 4.78 is 6.43. The van der Waals surface area contributed by atoms with Crippen LogP contribution in [-0.4, -0.2) is 24.7 Å². The second kappa shape index (κ2) is 6.59. The van der Waals surface area contributed by atoms with Crippen LogP contribution in [0.25, 0.3) is 0 Å². The summed E-state index contributed by atoms with van der Waals surface area (Å²) in [6, 6.07) is 5.36. The van der Waals surface area contributed by atoms with Gasteiger partial charge in [0.25, 0.3) is 5.91 Å². The van der Waals surface area contributed by atoms with E-state index in [0.717, 1.165) is 4.47 Å². The first-order valence-electron chi connectivity index (χ1n) is 5.76. The van der Waals surface area contributed by atoms with Gasteiger partial charge in [0.15, 0.2) is 0 Å². The Labute approximate surface area is 122 Å². The largest absolute Gasteiger partial charge is 0.374 e. The molecule has 3 nitrogen and oxygen atoms in total. The van der Waals surface area contributed by atoms with Gasteiger partial charge in [-0.25, -0.2) is 0 Å². The van der Waals surface area contributed by atoms with E-state index in [9.17, 15) is 4.79 Å². The van der Waals surface area contributed by atoms with Crippen molar-refractivity contribution in [1.82, 2.24) is 5.32 Å². The molecular formula is C13H18BrNO2S. The molecular weight excluding hydrogens is 314 g/mol. The van der Waals surface area contributed by atoms with E-state index in [4.69, 9.17) is 4.74 Å². The van der Waals surface area contributed by atoms with E-state index in [1.807, 2.05) is 26.8 Å². The monoisotopic (exact) mass is 331 g/mol. The second-order valence-electron chi connectivity index (χ2n) is 4.54. The molecule has 0 bridgehead atoms. The first-order chi connectivity index (χ1) is 8.35. The Kier molecular flexibility index (Phi) is 5.69. The van der Waals surface area contributed by atoms with Gasteiger partial charge in [0.05, 0.1) is 11.2 Å². The number of rotatable bonds is 5. The molecule has 1 aromatic carbocycles. The minimum Gasteiger partial charge on any atom is -0.374 e. The summed E-state index contributed by atoms with van der Waals surface area (Å²) in [6.07, 6.45) is 0. The lowest BCUT2D eigenvalue weighted by atomic mass is 10.1. The fraction of sp³-hybridized carbons (Fsp3) is 0.462. The Hall–Kier alpha value is -0.520. The molecule has 0 radical (unpaired) electrons. The number of hydrogen-bond donors (Lipinski definition) is 2. The van der Waals surface area contributed by atoms with Gasteiger partial charge in [0.2, 0.25) is 0 Å². The molecule has 0 saturated heterocycles. The fourth-order valence-electron chi connectivity index (χ4n) is 1.53. The van der Waals surface area contributed by atoms with Gasteiger partial charge in [-0.2, -0.15) is 0 Å². The van der Waals surface area contributed by atoms with E-state index < -0.39 is 0 Å². The zero-order valence-corrected chi connectivity index (χ0v) is 13.3. The highest BCUT2D eigenvalue weighted by Gasteiger charge is 2.19. The molecule has 0 unspecified atom stereocenters. The number of ether oxygens (including phenoxy) is 1. The maximum atomic E-state index is 12.0. The SMILES string of the molecule is CCOC(C)(C)CNC(=O)c1ccc(Br)cc1S. The minimum absolute atomic E-state index is 0.139. The minimum atomic E-state index is -0.365. The Morgan fingerprint density at radius 2 is 2.17 bits per heavy atom. The van der Waals surface area contributed by atoms with E-state index in [2.05, 4.69) is 33.9 Å². The maximum absolute atomic E-state index is 12.0. The molecule has 0 fully saturated rings. The molecule has 0 aromatic heterocycles. The highest BCUT2D eigenvalue weighted by Crippen LogP contribution is 2.20. The first-order valence-corrected chi connectivity index (χ1v) is 7.00. The standard InChI is InChI=1S/C13H18BrNO2S/c1-4-17-13(2,3)8-15-12(16)10-6-5-9(14)7-11(10)18/h5-7,18H,4,8H2,1-3H3,(H,15,16). The number of hydrogen-bond acceptors (Lipinski definition) is 3. The van der Waals surface area contributed by atoms with E-state index in [1.165, 1.54) is 0 Å². The number of carbonyl (C=O) groups is 1. The molecule has 1 aromatic rings. The summed E-state index contributed by atoms with van der Waals surface area (Å²) in [6.45, 7) is 6.91. The molecule has 1 rings (SSSR count). The fourth-order valence-corrected chi connectivity index (χ4v) is 2.38. The van der Waals surface area contributed by atoms with Crippen LogP contribution in [-0.2, 0) is 4.74 Å². The van der Waals surface area contributed by atoms with Crippen LogP contribution in [0.3, 0.4) is 0 Å². The average Bonchev–Trinajstić information content (AvgIpc) is 2.26. The number of amides is 1. The van der Waals surface area contributed by atoms with Crippen molar-refractivity contribution in [3.05, 3.63) is 28.2 Å². The van der Waals surface area contributed by atoms with Gasteiger partial charge >= 0.3 is 0 Å². The van der Waals surface area contributed by atoms with Gasteiger partial charge in [-0.05, 0) is 39.0 Å². The number of halogens is 1. The van der Waals surface area contributed by atoms with Crippen LogP contribution >= 0.6 is 28.6 Å². The summed E-state index contributed by atoms with van der Waals surface area (Å²) in [5.74, 6) is -0.139. The Morgan fingerprint density at radius 3 is 2.72 bits per heavy atom. The van der Waals surface area contributed by atoms with E-state index in [1.54, 1.807) is 12.1 Å². The number of benzene rings is 1. The van der Waals surface area contributed by atoms with Crippen LogP contribution in [0.15, 0.2) is 27.6 Å². The lowest BCUT2D eigenvalue weighted by Crippen LogP contribution is -2.40. The van der Waals surface area contributed by atoms with Gasteiger partial charge in [-0.1, -0.05) is 15.9 Å². The molecule has 0 spiro atoms. The van der Waals surface area contributed by atoms with Crippen LogP contribution in [0.5, 0.6) is 0 Å². The number of nitrogens with one attached hydrogen (secondary N) is 1. The van der Waals surface area contributed by atoms with Gasteiger partial charge < -0.3 is 10.1 Å². The van der Waals surface area contributed by atoms with Crippen molar-refractivity contribution in [1.29, 1.82) is 0 Å². The average molecular weight is 332 g/mol. The quantitative estimate of drug-likeness (QED) is 0.812. The van der Waals surface area contributed by atoms with Crippen molar-refractivity contribution >= 4 is 34.5 Å². The van der Waals surface area contributed by atoms with Gasteiger partial charge in [-0.3, -0.25) is 4.79 Å². The smallest absolute Gasteiger partial charge is 0.252 e. The van der Waals surface area contributed by atoms with E-state index in [0.29, 0.717) is 23.6 Å². The summed E-state index contributed by atoms with van der Waals surface area (Å²) >= 11 is 7.63. The van der Waals surface area contributed by atoms with Crippen molar-refractivity contribution in [2.75, 3.05) is 13.2 Å². The molecule has 100 valence electrons. The van der Waals surface area contributed by atoms with Crippen molar-refractivity contribution in [2.45, 2.75) is 31.3 Å². The van der Waals surface area contributed by atoms with Crippen molar-refractivity contribution in [3.63, 3.8) is 0 Å². The van der Waals surface area contributed by atoms with Crippen molar-refractivity contribution in [2.24, 2.45) is 0 Å². The number of thiol groups is 1. The number of carbonyl (C=O) groups excluding carboxylic acids is 1. The summed E-state index contributed by atoms with van der Waals surface area (Å²) in [5.41, 5.74) is 0.199. The summed E-state index contributed by atoms with van der Waals surface area (Å²) in [4.78, 5) is 12.6. The molecule has 0 heterocycles. The van der Waals surface area contributed by atoms with E-state index in [-0.39, 0.29) is 11.5 Å². The normalized spacial score (nSPS) is 11.4. The zero-order chi connectivity index (χ0) is 13.8. The lowest BCUT2D eigenvalue weighted by Gasteiger charge is -2.25. The van der Waals surface area contributed by atoms with Crippen molar-refractivity contribution in [3.8, 4) is 0 Å². The van der Waals surface area contributed by atoms with Gasteiger partial charge in [-0.15, -0.1) is 12.6 Å². The molecule has 0 aliphatic rings. The molecule has 18 heavy (non-hydrogen) atoms. The van der Waals surface area contributed by atoms with Crippen LogP contribution < -0.4 is 5.32 Å². The molecule has 0 atom stereocenters. The van der Waals surface area contributed by atoms with E-state index >= 15 is 0 Å².